The zero-order valence-electron chi connectivity index (χ0n) is 10.5. The molecule has 1 aromatic carbocycles. The van der Waals surface area contributed by atoms with Crippen LogP contribution in [0.5, 0.6) is 0 Å². The van der Waals surface area contributed by atoms with E-state index in [1.54, 1.807) is 0 Å². The van der Waals surface area contributed by atoms with E-state index in [9.17, 15) is 0 Å². The van der Waals surface area contributed by atoms with E-state index >= 15 is 0 Å². The Morgan fingerprint density at radius 2 is 1.94 bits per heavy atom. The molecule has 0 saturated carbocycles. The Hall–Kier alpha value is -1.35. The molecule has 0 atom stereocenters. The summed E-state index contributed by atoms with van der Waals surface area (Å²) in [7, 11) is 0. The summed E-state index contributed by atoms with van der Waals surface area (Å²) in [6, 6.07) is 10.3. The van der Waals surface area contributed by atoms with Gasteiger partial charge in [0.25, 0.3) is 5.17 Å². The summed E-state index contributed by atoms with van der Waals surface area (Å²) in [5, 5.41) is 0.667. The number of likely N-dealkylation sites (tertiary alicyclic amines) is 1. The molecule has 1 aliphatic heterocycles. The Morgan fingerprint density at radius 1 is 1.22 bits per heavy atom. The van der Waals surface area contributed by atoms with Crippen LogP contribution in [-0.2, 0) is 4.74 Å². The summed E-state index contributed by atoms with van der Waals surface area (Å²) in [5.74, 6) is 0. The molecular formula is C15H19NOS. The van der Waals surface area contributed by atoms with Crippen molar-refractivity contribution in [1.82, 2.24) is 4.90 Å². The first-order chi connectivity index (χ1) is 8.86. The third-order valence-corrected chi connectivity index (χ3v) is 3.36. The molecule has 2 nitrogen and oxygen atoms in total. The summed E-state index contributed by atoms with van der Waals surface area (Å²) < 4.78 is 5.57. The van der Waals surface area contributed by atoms with Crippen molar-refractivity contribution in [3.8, 4) is 0 Å². The standard InChI is InChI=1S/C15H19NOS/c18-15(16-11-5-6-12-16)17-13-7-4-10-14-8-2-1-3-9-14/h1-4,8-10H,5-7,11-13H2/b10-4+. The number of thiocarbonyl (C=S) groups is 1. The molecule has 0 bridgehead atoms. The fraction of sp³-hybridized carbons (Fsp3) is 0.400. The summed E-state index contributed by atoms with van der Waals surface area (Å²) in [6.45, 7) is 2.77. The number of hydrogen-bond donors (Lipinski definition) is 0. The van der Waals surface area contributed by atoms with E-state index in [0.717, 1.165) is 19.5 Å². The van der Waals surface area contributed by atoms with Crippen molar-refractivity contribution in [2.24, 2.45) is 0 Å². The van der Waals surface area contributed by atoms with Crippen LogP contribution in [0, 0.1) is 0 Å². The van der Waals surface area contributed by atoms with Crippen LogP contribution >= 0.6 is 12.2 Å². The largest absolute Gasteiger partial charge is 0.471 e. The van der Waals surface area contributed by atoms with Crippen LogP contribution in [0.4, 0.5) is 0 Å². The number of nitrogens with zero attached hydrogens (tertiary/aromatic N) is 1. The molecule has 0 unspecified atom stereocenters. The van der Waals surface area contributed by atoms with Crippen molar-refractivity contribution < 1.29 is 4.74 Å². The molecule has 0 amide bonds. The molecular weight excluding hydrogens is 242 g/mol. The second-order valence-electron chi connectivity index (χ2n) is 4.41. The fourth-order valence-electron chi connectivity index (χ4n) is 1.99. The van der Waals surface area contributed by atoms with E-state index < -0.39 is 0 Å². The van der Waals surface area contributed by atoms with Crippen LogP contribution in [0.3, 0.4) is 0 Å². The quantitative estimate of drug-likeness (QED) is 0.608. The summed E-state index contributed by atoms with van der Waals surface area (Å²) in [4.78, 5) is 2.15. The van der Waals surface area contributed by atoms with Gasteiger partial charge in [-0.2, -0.15) is 0 Å². The summed E-state index contributed by atoms with van der Waals surface area (Å²) in [6.07, 6.45) is 7.60. The minimum absolute atomic E-state index is 0.665. The fourth-order valence-corrected chi connectivity index (χ4v) is 2.25. The molecule has 0 radical (unpaired) electrons. The topological polar surface area (TPSA) is 12.5 Å². The lowest BCUT2D eigenvalue weighted by molar-refractivity contribution is 0.262. The Kier molecular flexibility index (Phi) is 5.21. The maximum absolute atomic E-state index is 5.57. The lowest BCUT2D eigenvalue weighted by atomic mass is 10.2. The molecule has 0 aromatic heterocycles. The number of benzene rings is 1. The van der Waals surface area contributed by atoms with E-state index in [1.165, 1.54) is 18.4 Å². The van der Waals surface area contributed by atoms with Crippen LogP contribution in [0.15, 0.2) is 36.4 Å². The molecule has 2 rings (SSSR count). The van der Waals surface area contributed by atoms with Crippen LogP contribution in [0.1, 0.15) is 24.8 Å². The van der Waals surface area contributed by atoms with Gasteiger partial charge in [0.1, 0.15) is 0 Å². The van der Waals surface area contributed by atoms with Gasteiger partial charge in [0.2, 0.25) is 0 Å². The van der Waals surface area contributed by atoms with Crippen molar-refractivity contribution in [3.05, 3.63) is 42.0 Å². The van der Waals surface area contributed by atoms with E-state index in [-0.39, 0.29) is 0 Å². The van der Waals surface area contributed by atoms with Crippen molar-refractivity contribution in [3.63, 3.8) is 0 Å². The number of hydrogen-bond acceptors (Lipinski definition) is 2. The van der Waals surface area contributed by atoms with Gasteiger partial charge in [-0.25, -0.2) is 0 Å². The van der Waals surface area contributed by atoms with Gasteiger partial charge in [0, 0.05) is 13.1 Å². The molecule has 0 aliphatic carbocycles. The number of ether oxygens (including phenoxy) is 1. The van der Waals surface area contributed by atoms with Gasteiger partial charge in [-0.1, -0.05) is 42.5 Å². The van der Waals surface area contributed by atoms with Crippen molar-refractivity contribution in [1.29, 1.82) is 0 Å². The predicted molar refractivity (Wildman–Crippen MR) is 79.5 cm³/mol. The Bertz CT molecular complexity index is 396. The normalized spacial score (nSPS) is 15.2. The van der Waals surface area contributed by atoms with E-state index in [4.69, 9.17) is 17.0 Å². The van der Waals surface area contributed by atoms with Crippen LogP contribution < -0.4 is 0 Å². The molecule has 1 aliphatic rings. The van der Waals surface area contributed by atoms with Gasteiger partial charge in [-0.15, -0.1) is 0 Å². The zero-order chi connectivity index (χ0) is 12.6. The van der Waals surface area contributed by atoms with Crippen molar-refractivity contribution in [2.45, 2.75) is 19.3 Å². The second kappa shape index (κ2) is 7.17. The maximum atomic E-state index is 5.57. The molecule has 18 heavy (non-hydrogen) atoms. The minimum atomic E-state index is 0.665. The van der Waals surface area contributed by atoms with Gasteiger partial charge in [-0.05, 0) is 37.0 Å². The summed E-state index contributed by atoms with van der Waals surface area (Å²) in [5.41, 5.74) is 1.22. The average Bonchev–Trinajstić information content (AvgIpc) is 2.93. The Balaban J connectivity index is 1.64. The summed E-state index contributed by atoms with van der Waals surface area (Å²) >= 11 is 5.24. The minimum Gasteiger partial charge on any atom is -0.471 e. The monoisotopic (exact) mass is 261 g/mol. The molecule has 0 N–H and O–H groups in total. The molecule has 1 aromatic rings. The highest BCUT2D eigenvalue weighted by molar-refractivity contribution is 7.80. The first-order valence-electron chi connectivity index (χ1n) is 6.49. The average molecular weight is 261 g/mol. The van der Waals surface area contributed by atoms with Gasteiger partial charge in [0.15, 0.2) is 0 Å². The molecule has 1 fully saturated rings. The Labute approximate surface area is 114 Å². The van der Waals surface area contributed by atoms with E-state index in [2.05, 4.69) is 29.2 Å². The second-order valence-corrected chi connectivity index (χ2v) is 4.76. The molecule has 1 heterocycles. The third kappa shape index (κ3) is 4.15. The number of rotatable bonds is 4. The zero-order valence-corrected chi connectivity index (χ0v) is 11.4. The molecule has 96 valence electrons. The van der Waals surface area contributed by atoms with Crippen LogP contribution in [0.25, 0.3) is 6.08 Å². The highest BCUT2D eigenvalue weighted by Crippen LogP contribution is 2.09. The lowest BCUT2D eigenvalue weighted by Crippen LogP contribution is -2.28. The van der Waals surface area contributed by atoms with Crippen LogP contribution in [-0.4, -0.2) is 29.8 Å². The van der Waals surface area contributed by atoms with Gasteiger partial charge < -0.3 is 9.64 Å². The smallest absolute Gasteiger partial charge is 0.259 e. The van der Waals surface area contributed by atoms with Crippen molar-refractivity contribution in [2.75, 3.05) is 19.7 Å². The Morgan fingerprint density at radius 3 is 2.67 bits per heavy atom. The maximum Gasteiger partial charge on any atom is 0.259 e. The van der Waals surface area contributed by atoms with Gasteiger partial charge >= 0.3 is 0 Å². The molecule has 1 saturated heterocycles. The first-order valence-corrected chi connectivity index (χ1v) is 6.90. The highest BCUT2D eigenvalue weighted by atomic mass is 32.1. The van der Waals surface area contributed by atoms with Gasteiger partial charge in [0.05, 0.1) is 6.61 Å². The first kappa shape index (κ1) is 13.1. The SMILES string of the molecule is S=C(OCC/C=C/c1ccccc1)N1CCCC1. The van der Waals surface area contributed by atoms with E-state index in [1.807, 2.05) is 18.2 Å². The highest BCUT2D eigenvalue weighted by Gasteiger charge is 2.14. The van der Waals surface area contributed by atoms with Crippen LogP contribution in [0.2, 0.25) is 0 Å². The predicted octanol–water partition coefficient (Wildman–Crippen LogP) is 3.49. The molecule has 0 spiro atoms. The van der Waals surface area contributed by atoms with Crippen molar-refractivity contribution >= 4 is 23.5 Å². The lowest BCUT2D eigenvalue weighted by Gasteiger charge is -2.17. The van der Waals surface area contributed by atoms with E-state index in [0.29, 0.717) is 11.8 Å². The third-order valence-electron chi connectivity index (χ3n) is 2.98. The molecule has 3 heteroatoms. The van der Waals surface area contributed by atoms with Gasteiger partial charge in [-0.3, -0.25) is 0 Å².